The van der Waals surface area contributed by atoms with Crippen LogP contribution in [0.15, 0.2) is 72.8 Å². The van der Waals surface area contributed by atoms with Gasteiger partial charge in [-0.3, -0.25) is 10.1 Å². The van der Waals surface area contributed by atoms with E-state index in [1.54, 1.807) is 51.0 Å². The number of nitrogens with zero attached hydrogens (tertiary/aromatic N) is 1. The largest absolute Gasteiger partial charge is 0.497 e. The van der Waals surface area contributed by atoms with E-state index < -0.39 is 17.2 Å². The molecule has 1 aliphatic rings. The van der Waals surface area contributed by atoms with Gasteiger partial charge in [-0.15, -0.1) is 0 Å². The van der Waals surface area contributed by atoms with Gasteiger partial charge in [0.1, 0.15) is 17.1 Å². The quantitative estimate of drug-likeness (QED) is 0.543. The molecule has 1 atom stereocenters. The molecule has 35 heavy (non-hydrogen) atoms. The number of alkyl carbamates (subject to hydrolysis) is 1. The molecular weight excluding hydrogens is 444 g/mol. The van der Waals surface area contributed by atoms with Crippen LogP contribution in [-0.2, 0) is 21.6 Å². The first kappa shape index (κ1) is 24.1. The molecule has 4 rings (SSSR count). The lowest BCUT2D eigenvalue weighted by molar-refractivity contribution is -0.123. The first-order chi connectivity index (χ1) is 16.7. The van der Waals surface area contributed by atoms with Crippen LogP contribution in [0.5, 0.6) is 11.5 Å². The molecule has 0 aromatic heterocycles. The topological polar surface area (TPSA) is 77.1 Å². The monoisotopic (exact) mass is 474 g/mol. The molecule has 7 nitrogen and oxygen atoms in total. The molecule has 1 N–H and O–H groups in total. The van der Waals surface area contributed by atoms with Crippen LogP contribution in [0, 0.1) is 0 Å². The van der Waals surface area contributed by atoms with Crippen molar-refractivity contribution >= 4 is 17.7 Å². The van der Waals surface area contributed by atoms with Crippen LogP contribution in [0.25, 0.3) is 0 Å². The Kier molecular flexibility index (Phi) is 6.43. The predicted molar refractivity (Wildman–Crippen MR) is 134 cm³/mol. The van der Waals surface area contributed by atoms with Gasteiger partial charge < -0.3 is 19.1 Å². The summed E-state index contributed by atoms with van der Waals surface area (Å²) in [6.07, 6.45) is -0.708. The molecule has 0 spiro atoms. The summed E-state index contributed by atoms with van der Waals surface area (Å²) in [7, 11) is 3.08. The highest BCUT2D eigenvalue weighted by Crippen LogP contribution is 2.48. The van der Waals surface area contributed by atoms with Crippen LogP contribution in [0.3, 0.4) is 0 Å². The Labute approximate surface area is 205 Å². The minimum atomic E-state index is -1.56. The molecule has 7 heteroatoms. The maximum Gasteiger partial charge on any atom is 0.409 e. The van der Waals surface area contributed by atoms with Crippen LogP contribution in [0.2, 0.25) is 0 Å². The molecule has 2 amide bonds. The molecule has 1 unspecified atom stereocenters. The first-order valence-corrected chi connectivity index (χ1v) is 11.4. The summed E-state index contributed by atoms with van der Waals surface area (Å²) in [5.41, 5.74) is 0.474. The number of amides is 2. The van der Waals surface area contributed by atoms with Crippen molar-refractivity contribution in [1.82, 2.24) is 5.32 Å². The number of fused-ring (bicyclic) bond motifs is 1. The number of para-hydroxylation sites is 1. The highest BCUT2D eigenvalue weighted by Gasteiger charge is 2.55. The van der Waals surface area contributed by atoms with Crippen molar-refractivity contribution in [2.75, 3.05) is 19.1 Å². The molecule has 0 radical (unpaired) electrons. The number of ether oxygens (including phenoxy) is 3. The lowest BCUT2D eigenvalue weighted by Gasteiger charge is -2.33. The molecule has 3 aromatic rings. The molecule has 0 saturated carbocycles. The van der Waals surface area contributed by atoms with Crippen molar-refractivity contribution in [2.45, 2.75) is 38.5 Å². The van der Waals surface area contributed by atoms with Crippen molar-refractivity contribution in [2.24, 2.45) is 0 Å². The summed E-state index contributed by atoms with van der Waals surface area (Å²) in [6.45, 7) is 5.67. The number of carbonyl (C=O) groups is 2. The SMILES string of the molecule is COc1ccc(C2(NC(=O)OC(C)(C)C)C(=O)N(Cc3ccccc3)c3ccccc32)c(OC)c1. The molecule has 0 aliphatic carbocycles. The minimum Gasteiger partial charge on any atom is -0.497 e. The number of carbonyl (C=O) groups excluding carboxylic acids is 2. The van der Waals surface area contributed by atoms with Gasteiger partial charge in [0.15, 0.2) is 5.54 Å². The number of methoxy groups -OCH3 is 2. The third-order valence-corrected chi connectivity index (χ3v) is 5.85. The van der Waals surface area contributed by atoms with E-state index in [2.05, 4.69) is 5.32 Å². The van der Waals surface area contributed by atoms with Crippen molar-refractivity contribution in [3.63, 3.8) is 0 Å². The Hall–Kier alpha value is -4.00. The van der Waals surface area contributed by atoms with Crippen molar-refractivity contribution < 1.29 is 23.8 Å². The standard InChI is InChI=1S/C28H30N2O5/c1-27(2,3)35-26(32)29-28(22-16-15-20(33-4)17-24(22)34-5)21-13-9-10-14-23(21)30(25(28)31)18-19-11-7-6-8-12-19/h6-17H,18H2,1-5H3,(H,29,32). The molecule has 0 fully saturated rings. The van der Waals surface area contributed by atoms with Crippen LogP contribution < -0.4 is 19.7 Å². The summed E-state index contributed by atoms with van der Waals surface area (Å²) in [5, 5.41) is 2.93. The van der Waals surface area contributed by atoms with E-state index in [0.29, 0.717) is 34.9 Å². The molecular formula is C28H30N2O5. The minimum absolute atomic E-state index is 0.308. The third-order valence-electron chi connectivity index (χ3n) is 5.85. The van der Waals surface area contributed by atoms with Gasteiger partial charge in [0, 0.05) is 17.2 Å². The lowest BCUT2D eigenvalue weighted by Crippen LogP contribution is -2.54. The fourth-order valence-corrected chi connectivity index (χ4v) is 4.39. The van der Waals surface area contributed by atoms with Gasteiger partial charge in [0.25, 0.3) is 5.91 Å². The molecule has 0 bridgehead atoms. The Bertz CT molecular complexity index is 1240. The fourth-order valence-electron chi connectivity index (χ4n) is 4.39. The smallest absolute Gasteiger partial charge is 0.409 e. The Morgan fingerprint density at radius 2 is 1.60 bits per heavy atom. The van der Waals surface area contributed by atoms with E-state index in [1.165, 1.54) is 7.11 Å². The van der Waals surface area contributed by atoms with Crippen LogP contribution >= 0.6 is 0 Å². The Balaban J connectivity index is 1.92. The average Bonchev–Trinajstić information content (AvgIpc) is 3.06. The second kappa shape index (κ2) is 9.33. The molecule has 0 saturated heterocycles. The number of nitrogens with one attached hydrogen (secondary N) is 1. The maximum absolute atomic E-state index is 14.4. The fraction of sp³-hybridized carbons (Fsp3) is 0.286. The van der Waals surface area contributed by atoms with Gasteiger partial charge in [0.2, 0.25) is 0 Å². The third kappa shape index (κ3) is 4.54. The van der Waals surface area contributed by atoms with Crippen molar-refractivity contribution in [3.05, 3.63) is 89.5 Å². The normalized spacial score (nSPS) is 17.1. The molecule has 1 heterocycles. The van der Waals surface area contributed by atoms with Crippen molar-refractivity contribution in [1.29, 1.82) is 0 Å². The number of benzene rings is 3. The van der Waals surface area contributed by atoms with Crippen molar-refractivity contribution in [3.8, 4) is 11.5 Å². The summed E-state index contributed by atoms with van der Waals surface area (Å²) >= 11 is 0. The summed E-state index contributed by atoms with van der Waals surface area (Å²) in [4.78, 5) is 29.2. The zero-order valence-corrected chi connectivity index (χ0v) is 20.6. The van der Waals surface area contributed by atoms with E-state index in [-0.39, 0.29) is 5.91 Å². The Morgan fingerprint density at radius 3 is 2.26 bits per heavy atom. The second-order valence-electron chi connectivity index (χ2n) is 9.34. The number of hydrogen-bond donors (Lipinski definition) is 1. The van der Waals surface area contributed by atoms with Crippen LogP contribution in [0.1, 0.15) is 37.5 Å². The number of anilines is 1. The van der Waals surface area contributed by atoms with E-state index in [4.69, 9.17) is 14.2 Å². The molecule has 1 aliphatic heterocycles. The van der Waals surface area contributed by atoms with Gasteiger partial charge >= 0.3 is 6.09 Å². The molecule has 182 valence electrons. The van der Waals surface area contributed by atoms with Gasteiger partial charge in [-0.25, -0.2) is 4.79 Å². The van der Waals surface area contributed by atoms with Gasteiger partial charge in [0.05, 0.1) is 26.5 Å². The van der Waals surface area contributed by atoms with E-state index in [9.17, 15) is 9.59 Å². The number of rotatable bonds is 6. The van der Waals surface area contributed by atoms with Gasteiger partial charge in [-0.2, -0.15) is 0 Å². The zero-order valence-electron chi connectivity index (χ0n) is 20.6. The lowest BCUT2D eigenvalue weighted by atomic mass is 9.83. The number of hydrogen-bond acceptors (Lipinski definition) is 5. The average molecular weight is 475 g/mol. The summed E-state index contributed by atoms with van der Waals surface area (Å²) < 4.78 is 16.6. The van der Waals surface area contributed by atoms with E-state index in [1.807, 2.05) is 54.6 Å². The maximum atomic E-state index is 14.4. The first-order valence-electron chi connectivity index (χ1n) is 11.4. The van der Waals surface area contributed by atoms with E-state index in [0.717, 1.165) is 5.56 Å². The van der Waals surface area contributed by atoms with Gasteiger partial charge in [-0.1, -0.05) is 48.5 Å². The molecule has 3 aromatic carbocycles. The highest BCUT2D eigenvalue weighted by molar-refractivity contribution is 6.11. The van der Waals surface area contributed by atoms with Gasteiger partial charge in [-0.05, 0) is 44.5 Å². The zero-order chi connectivity index (χ0) is 25.2. The van der Waals surface area contributed by atoms with Crippen LogP contribution in [0.4, 0.5) is 10.5 Å². The predicted octanol–water partition coefficient (Wildman–Crippen LogP) is 5.02. The van der Waals surface area contributed by atoms with E-state index >= 15 is 0 Å². The van der Waals surface area contributed by atoms with Crippen LogP contribution in [-0.4, -0.2) is 31.8 Å². The Morgan fingerprint density at radius 1 is 0.914 bits per heavy atom. The second-order valence-corrected chi connectivity index (χ2v) is 9.34. The highest BCUT2D eigenvalue weighted by atomic mass is 16.6. The summed E-state index contributed by atoms with van der Waals surface area (Å²) in [5.74, 6) is 0.667. The summed E-state index contributed by atoms with van der Waals surface area (Å²) in [6, 6.07) is 22.4.